The van der Waals surface area contributed by atoms with Crippen LogP contribution in [-0.4, -0.2) is 49.7 Å². The standard InChI is InChI=1S/C28H38N4O4/c1-27(2,25(35)31-17-8-16-29)28(3,4)26(36)32-19-9-18-30-24(34)22-14-12-21(13-15-22)23(33)20-10-6-5-7-11-20/h5-7,10-15H,8-9,16-19,29H2,1-4H3,(H,30,34)(H,31,35)(H,32,36). The van der Waals surface area contributed by atoms with Gasteiger partial charge in [0.2, 0.25) is 11.8 Å². The molecule has 0 heterocycles. The van der Waals surface area contributed by atoms with E-state index in [2.05, 4.69) is 16.0 Å². The van der Waals surface area contributed by atoms with Crippen molar-refractivity contribution in [3.8, 4) is 0 Å². The fourth-order valence-corrected chi connectivity index (χ4v) is 3.44. The molecule has 0 aliphatic heterocycles. The molecule has 5 N–H and O–H groups in total. The van der Waals surface area contributed by atoms with Crippen LogP contribution in [0.1, 0.15) is 66.8 Å². The molecule has 0 unspecified atom stereocenters. The summed E-state index contributed by atoms with van der Waals surface area (Å²) in [4.78, 5) is 50.4. The van der Waals surface area contributed by atoms with Gasteiger partial charge in [0, 0.05) is 36.3 Å². The van der Waals surface area contributed by atoms with Gasteiger partial charge in [-0.15, -0.1) is 0 Å². The van der Waals surface area contributed by atoms with E-state index in [4.69, 9.17) is 5.73 Å². The van der Waals surface area contributed by atoms with Crippen molar-refractivity contribution in [3.63, 3.8) is 0 Å². The first-order valence-electron chi connectivity index (χ1n) is 12.3. The Morgan fingerprint density at radius 1 is 0.639 bits per heavy atom. The lowest BCUT2D eigenvalue weighted by atomic mass is 9.66. The van der Waals surface area contributed by atoms with E-state index in [1.165, 1.54) is 0 Å². The van der Waals surface area contributed by atoms with Gasteiger partial charge in [-0.3, -0.25) is 19.2 Å². The van der Waals surface area contributed by atoms with Crippen LogP contribution in [0, 0.1) is 10.8 Å². The second-order valence-electron chi connectivity index (χ2n) is 9.79. The third kappa shape index (κ3) is 7.24. The van der Waals surface area contributed by atoms with Crippen LogP contribution in [-0.2, 0) is 9.59 Å². The Morgan fingerprint density at radius 3 is 1.61 bits per heavy atom. The van der Waals surface area contributed by atoms with Crippen molar-refractivity contribution in [2.45, 2.75) is 40.5 Å². The number of hydrogen-bond donors (Lipinski definition) is 4. The van der Waals surface area contributed by atoms with Gasteiger partial charge in [0.15, 0.2) is 5.78 Å². The van der Waals surface area contributed by atoms with E-state index in [0.717, 1.165) is 0 Å². The van der Waals surface area contributed by atoms with Crippen molar-refractivity contribution in [1.82, 2.24) is 16.0 Å². The van der Waals surface area contributed by atoms with E-state index in [-0.39, 0.29) is 23.5 Å². The zero-order valence-corrected chi connectivity index (χ0v) is 21.6. The SMILES string of the molecule is CC(C)(C(=O)NCCCN)C(C)(C)C(=O)NCCCNC(=O)c1ccc(C(=O)c2ccccc2)cc1. The number of carbonyl (C=O) groups excluding carboxylic acids is 4. The number of amides is 3. The van der Waals surface area contributed by atoms with Crippen LogP contribution in [0.15, 0.2) is 54.6 Å². The largest absolute Gasteiger partial charge is 0.356 e. The molecule has 2 aromatic rings. The number of carbonyl (C=O) groups is 4. The highest BCUT2D eigenvalue weighted by molar-refractivity contribution is 6.09. The fraction of sp³-hybridized carbons (Fsp3) is 0.429. The molecule has 0 aliphatic carbocycles. The second kappa shape index (κ2) is 13.0. The van der Waals surface area contributed by atoms with Crippen molar-refractivity contribution < 1.29 is 19.2 Å². The Kier molecular flexibility index (Phi) is 10.3. The number of ketones is 1. The lowest BCUT2D eigenvalue weighted by molar-refractivity contribution is -0.147. The maximum Gasteiger partial charge on any atom is 0.251 e. The lowest BCUT2D eigenvalue weighted by Crippen LogP contribution is -2.53. The molecule has 0 spiro atoms. The minimum atomic E-state index is -0.942. The average Bonchev–Trinajstić information content (AvgIpc) is 2.88. The van der Waals surface area contributed by atoms with Gasteiger partial charge in [-0.25, -0.2) is 0 Å². The Hall–Kier alpha value is -3.52. The number of nitrogens with one attached hydrogen (secondary N) is 3. The summed E-state index contributed by atoms with van der Waals surface area (Å²) in [6.07, 6.45) is 1.21. The molecular weight excluding hydrogens is 456 g/mol. The monoisotopic (exact) mass is 494 g/mol. The second-order valence-corrected chi connectivity index (χ2v) is 9.79. The predicted octanol–water partition coefficient (Wildman–Crippen LogP) is 2.67. The summed E-state index contributed by atoms with van der Waals surface area (Å²) < 4.78 is 0. The molecule has 0 bridgehead atoms. The highest BCUT2D eigenvalue weighted by Gasteiger charge is 2.47. The number of rotatable bonds is 13. The van der Waals surface area contributed by atoms with E-state index in [0.29, 0.717) is 55.7 Å². The van der Waals surface area contributed by atoms with Crippen LogP contribution < -0.4 is 21.7 Å². The van der Waals surface area contributed by atoms with E-state index in [1.807, 2.05) is 6.07 Å². The van der Waals surface area contributed by atoms with Crippen molar-refractivity contribution in [1.29, 1.82) is 0 Å². The minimum Gasteiger partial charge on any atom is -0.356 e. The average molecular weight is 495 g/mol. The predicted molar refractivity (Wildman–Crippen MR) is 141 cm³/mol. The third-order valence-electron chi connectivity index (χ3n) is 6.73. The zero-order chi connectivity index (χ0) is 26.8. The van der Waals surface area contributed by atoms with Gasteiger partial charge in [0.05, 0.1) is 10.8 Å². The highest BCUT2D eigenvalue weighted by atomic mass is 16.2. The summed E-state index contributed by atoms with van der Waals surface area (Å²) in [6, 6.07) is 15.5. The van der Waals surface area contributed by atoms with Crippen LogP contribution in [0.5, 0.6) is 0 Å². The van der Waals surface area contributed by atoms with E-state index in [9.17, 15) is 19.2 Å². The van der Waals surface area contributed by atoms with Gasteiger partial charge >= 0.3 is 0 Å². The topological polar surface area (TPSA) is 130 Å². The molecule has 8 nitrogen and oxygen atoms in total. The molecule has 2 rings (SSSR count). The van der Waals surface area contributed by atoms with Gasteiger partial charge in [-0.2, -0.15) is 0 Å². The number of nitrogens with two attached hydrogens (primary N) is 1. The molecule has 0 radical (unpaired) electrons. The molecule has 0 saturated heterocycles. The summed E-state index contributed by atoms with van der Waals surface area (Å²) in [5.74, 6) is -0.778. The first kappa shape index (κ1) is 28.7. The fourth-order valence-electron chi connectivity index (χ4n) is 3.44. The third-order valence-corrected chi connectivity index (χ3v) is 6.73. The van der Waals surface area contributed by atoms with Crippen LogP contribution in [0.4, 0.5) is 0 Å². The maximum absolute atomic E-state index is 12.8. The van der Waals surface area contributed by atoms with E-state index >= 15 is 0 Å². The Balaban J connectivity index is 1.79. The molecule has 36 heavy (non-hydrogen) atoms. The van der Waals surface area contributed by atoms with E-state index < -0.39 is 10.8 Å². The van der Waals surface area contributed by atoms with Gasteiger partial charge in [0.1, 0.15) is 0 Å². The molecule has 0 aromatic heterocycles. The Bertz CT molecular complexity index is 1050. The Labute approximate surface area is 213 Å². The summed E-state index contributed by atoms with van der Waals surface area (Å²) in [7, 11) is 0. The summed E-state index contributed by atoms with van der Waals surface area (Å²) in [5.41, 5.74) is 5.16. The first-order valence-corrected chi connectivity index (χ1v) is 12.3. The summed E-state index contributed by atoms with van der Waals surface area (Å²) in [6.45, 7) is 8.69. The quantitative estimate of drug-likeness (QED) is 0.251. The number of benzene rings is 2. The van der Waals surface area contributed by atoms with E-state index in [1.54, 1.807) is 76.2 Å². The molecule has 0 fully saturated rings. The van der Waals surface area contributed by atoms with Crippen molar-refractivity contribution in [2.24, 2.45) is 16.6 Å². The van der Waals surface area contributed by atoms with Crippen molar-refractivity contribution >= 4 is 23.5 Å². The molecule has 0 aliphatic rings. The molecule has 0 atom stereocenters. The van der Waals surface area contributed by atoms with Gasteiger partial charge in [-0.1, -0.05) is 70.2 Å². The van der Waals surface area contributed by atoms with Gasteiger partial charge in [0.25, 0.3) is 5.91 Å². The van der Waals surface area contributed by atoms with Crippen LogP contribution >= 0.6 is 0 Å². The summed E-state index contributed by atoms with van der Waals surface area (Å²) >= 11 is 0. The molecule has 2 aromatic carbocycles. The van der Waals surface area contributed by atoms with Crippen LogP contribution in [0.2, 0.25) is 0 Å². The van der Waals surface area contributed by atoms with Crippen LogP contribution in [0.25, 0.3) is 0 Å². The van der Waals surface area contributed by atoms with Gasteiger partial charge in [-0.05, 0) is 31.5 Å². The zero-order valence-electron chi connectivity index (χ0n) is 21.6. The van der Waals surface area contributed by atoms with Crippen molar-refractivity contribution in [3.05, 3.63) is 71.3 Å². The molecule has 3 amide bonds. The number of hydrogen-bond acceptors (Lipinski definition) is 5. The highest BCUT2D eigenvalue weighted by Crippen LogP contribution is 2.38. The van der Waals surface area contributed by atoms with Crippen LogP contribution in [0.3, 0.4) is 0 Å². The normalized spacial score (nSPS) is 11.5. The smallest absolute Gasteiger partial charge is 0.251 e. The lowest BCUT2D eigenvalue weighted by Gasteiger charge is -2.38. The van der Waals surface area contributed by atoms with Gasteiger partial charge < -0.3 is 21.7 Å². The molecule has 0 saturated carbocycles. The first-order chi connectivity index (χ1) is 17.0. The maximum atomic E-state index is 12.8. The summed E-state index contributed by atoms with van der Waals surface area (Å²) in [5, 5.41) is 8.53. The molecular formula is C28H38N4O4. The Morgan fingerprint density at radius 2 is 1.08 bits per heavy atom. The molecule has 8 heteroatoms. The molecule has 194 valence electrons. The minimum absolute atomic E-state index is 0.0996. The van der Waals surface area contributed by atoms with Crippen molar-refractivity contribution in [2.75, 3.05) is 26.2 Å².